The summed E-state index contributed by atoms with van der Waals surface area (Å²) < 4.78 is 0. The Morgan fingerprint density at radius 1 is 0.808 bits per heavy atom. The normalized spacial score (nSPS) is 13.7. The number of nitrogens with zero attached hydrogens (tertiary/aromatic N) is 1. The van der Waals surface area contributed by atoms with Crippen molar-refractivity contribution in [3.8, 4) is 0 Å². The number of nitrogens with one attached hydrogen (secondary N) is 2. The largest absolute Gasteiger partial charge is 0.355 e. The number of amides is 4. The highest BCUT2D eigenvalue weighted by Gasteiger charge is 2.30. The van der Waals surface area contributed by atoms with Crippen molar-refractivity contribution in [2.45, 2.75) is 12.8 Å². The van der Waals surface area contributed by atoms with Gasteiger partial charge in [-0.2, -0.15) is 0 Å². The zero-order chi connectivity index (χ0) is 18.7. The minimum atomic E-state index is -0.330. The Morgan fingerprint density at radius 3 is 1.85 bits per heavy atom. The molecule has 1 aliphatic rings. The van der Waals surface area contributed by atoms with Gasteiger partial charge in [-0.05, 0) is 48.5 Å². The summed E-state index contributed by atoms with van der Waals surface area (Å²) in [6, 6.07) is 12.8. The molecule has 2 aromatic rings. The van der Waals surface area contributed by atoms with E-state index in [-0.39, 0.29) is 36.5 Å². The van der Waals surface area contributed by atoms with Gasteiger partial charge in [-0.25, -0.2) is 0 Å². The van der Waals surface area contributed by atoms with Gasteiger partial charge in [-0.1, -0.05) is 0 Å². The molecule has 2 N–H and O–H groups in total. The molecule has 0 radical (unpaired) electrons. The van der Waals surface area contributed by atoms with E-state index in [1.54, 1.807) is 55.6 Å². The van der Waals surface area contributed by atoms with Crippen molar-refractivity contribution >= 4 is 35.0 Å². The second-order valence-electron chi connectivity index (χ2n) is 5.78. The van der Waals surface area contributed by atoms with Crippen molar-refractivity contribution < 1.29 is 19.2 Å². The second-order valence-corrected chi connectivity index (χ2v) is 5.78. The molecule has 0 unspecified atom stereocenters. The van der Waals surface area contributed by atoms with Crippen LogP contribution in [0.2, 0.25) is 0 Å². The van der Waals surface area contributed by atoms with E-state index < -0.39 is 0 Å². The van der Waals surface area contributed by atoms with Crippen LogP contribution in [0.15, 0.2) is 48.5 Å². The van der Waals surface area contributed by atoms with Gasteiger partial charge < -0.3 is 10.6 Å². The minimum Gasteiger partial charge on any atom is -0.355 e. The Kier molecular flexibility index (Phi) is 4.79. The summed E-state index contributed by atoms with van der Waals surface area (Å²) in [6.07, 6.45) is 0.431. The molecule has 1 fully saturated rings. The molecule has 0 saturated carbocycles. The topological polar surface area (TPSA) is 95.6 Å². The molecule has 3 rings (SSSR count). The smallest absolute Gasteiger partial charge is 0.255 e. The van der Waals surface area contributed by atoms with Gasteiger partial charge in [-0.3, -0.25) is 24.1 Å². The minimum absolute atomic E-state index is 0.204. The Balaban J connectivity index is 1.69. The average molecular weight is 351 g/mol. The third-order valence-electron chi connectivity index (χ3n) is 4.07. The molecule has 1 heterocycles. The maximum atomic E-state index is 12.3. The van der Waals surface area contributed by atoms with Gasteiger partial charge in [0.15, 0.2) is 0 Å². The van der Waals surface area contributed by atoms with Crippen LogP contribution in [-0.2, 0) is 9.59 Å². The van der Waals surface area contributed by atoms with E-state index >= 15 is 0 Å². The van der Waals surface area contributed by atoms with Gasteiger partial charge in [-0.15, -0.1) is 0 Å². The molecular formula is C19H17N3O4. The fourth-order valence-corrected chi connectivity index (χ4v) is 2.68. The van der Waals surface area contributed by atoms with E-state index in [1.807, 2.05) is 0 Å². The van der Waals surface area contributed by atoms with Gasteiger partial charge in [0.2, 0.25) is 11.8 Å². The quantitative estimate of drug-likeness (QED) is 0.823. The molecule has 132 valence electrons. The molecule has 2 aromatic carbocycles. The Hall–Kier alpha value is -3.48. The van der Waals surface area contributed by atoms with Gasteiger partial charge in [0, 0.05) is 36.7 Å². The predicted molar refractivity (Wildman–Crippen MR) is 96.0 cm³/mol. The SMILES string of the molecule is CNC(=O)c1ccc(NC(=O)c2ccc(N3C(=O)CCC3=O)cc2)cc1. The maximum absolute atomic E-state index is 12.3. The first kappa shape index (κ1) is 17.3. The second kappa shape index (κ2) is 7.18. The summed E-state index contributed by atoms with van der Waals surface area (Å²) in [5.74, 6) is -1.00. The summed E-state index contributed by atoms with van der Waals surface area (Å²) in [5.41, 5.74) is 1.90. The molecule has 1 saturated heterocycles. The van der Waals surface area contributed by atoms with E-state index in [9.17, 15) is 19.2 Å². The van der Waals surface area contributed by atoms with Crippen LogP contribution in [0.25, 0.3) is 0 Å². The fourth-order valence-electron chi connectivity index (χ4n) is 2.68. The molecule has 4 amide bonds. The zero-order valence-electron chi connectivity index (χ0n) is 14.1. The highest BCUT2D eigenvalue weighted by atomic mass is 16.2. The van der Waals surface area contributed by atoms with Gasteiger partial charge in [0.25, 0.3) is 11.8 Å². The third-order valence-corrected chi connectivity index (χ3v) is 4.07. The van der Waals surface area contributed by atoms with Crippen molar-refractivity contribution in [1.82, 2.24) is 5.32 Å². The summed E-state index contributed by atoms with van der Waals surface area (Å²) in [5, 5.41) is 5.25. The lowest BCUT2D eigenvalue weighted by Gasteiger charge is -2.14. The Morgan fingerprint density at radius 2 is 1.31 bits per heavy atom. The van der Waals surface area contributed by atoms with E-state index in [0.717, 1.165) is 4.90 Å². The van der Waals surface area contributed by atoms with E-state index in [4.69, 9.17) is 0 Å². The average Bonchev–Trinajstić information content (AvgIpc) is 3.00. The van der Waals surface area contributed by atoms with Crippen LogP contribution in [-0.4, -0.2) is 30.7 Å². The molecule has 0 atom stereocenters. The molecule has 26 heavy (non-hydrogen) atoms. The van der Waals surface area contributed by atoms with Gasteiger partial charge in [0.1, 0.15) is 0 Å². The van der Waals surface area contributed by atoms with Crippen LogP contribution in [0.5, 0.6) is 0 Å². The molecule has 0 bridgehead atoms. The Bertz CT molecular complexity index is 857. The third kappa shape index (κ3) is 3.46. The summed E-state index contributed by atoms with van der Waals surface area (Å²) >= 11 is 0. The van der Waals surface area contributed by atoms with E-state index in [1.165, 1.54) is 0 Å². The van der Waals surface area contributed by atoms with E-state index in [0.29, 0.717) is 22.5 Å². The number of hydrogen-bond acceptors (Lipinski definition) is 4. The lowest BCUT2D eigenvalue weighted by molar-refractivity contribution is -0.121. The number of anilines is 2. The number of hydrogen-bond donors (Lipinski definition) is 2. The molecule has 0 aromatic heterocycles. The lowest BCUT2D eigenvalue weighted by Crippen LogP contribution is -2.28. The first-order valence-corrected chi connectivity index (χ1v) is 8.09. The first-order chi connectivity index (χ1) is 12.5. The van der Waals surface area contributed by atoms with Crippen LogP contribution in [0, 0.1) is 0 Å². The maximum Gasteiger partial charge on any atom is 0.255 e. The monoisotopic (exact) mass is 351 g/mol. The number of carbonyl (C=O) groups excluding carboxylic acids is 4. The van der Waals surface area contributed by atoms with Crippen molar-refractivity contribution in [2.75, 3.05) is 17.3 Å². The number of carbonyl (C=O) groups is 4. The standard InChI is InChI=1S/C19H17N3O4/c1-20-18(25)12-2-6-14(7-3-12)21-19(26)13-4-8-15(9-5-13)22-16(23)10-11-17(22)24/h2-9H,10-11H2,1H3,(H,20,25)(H,21,26). The van der Waals surface area contributed by atoms with Crippen molar-refractivity contribution in [3.63, 3.8) is 0 Å². The molecule has 7 nitrogen and oxygen atoms in total. The van der Waals surface area contributed by atoms with Crippen LogP contribution < -0.4 is 15.5 Å². The van der Waals surface area contributed by atoms with Crippen molar-refractivity contribution in [2.24, 2.45) is 0 Å². The fraction of sp³-hybridized carbons (Fsp3) is 0.158. The number of imide groups is 1. The highest BCUT2D eigenvalue weighted by Crippen LogP contribution is 2.23. The van der Waals surface area contributed by atoms with Crippen LogP contribution in [0.3, 0.4) is 0 Å². The molecule has 7 heteroatoms. The highest BCUT2D eigenvalue weighted by molar-refractivity contribution is 6.20. The summed E-state index contributed by atoms with van der Waals surface area (Å²) in [6.45, 7) is 0. The molecule has 0 spiro atoms. The zero-order valence-corrected chi connectivity index (χ0v) is 14.1. The summed E-state index contributed by atoms with van der Waals surface area (Å²) in [4.78, 5) is 48.4. The number of rotatable bonds is 4. The number of benzene rings is 2. The first-order valence-electron chi connectivity index (χ1n) is 8.09. The lowest BCUT2D eigenvalue weighted by atomic mass is 10.1. The molecule has 1 aliphatic heterocycles. The van der Waals surface area contributed by atoms with Gasteiger partial charge >= 0.3 is 0 Å². The van der Waals surface area contributed by atoms with E-state index in [2.05, 4.69) is 10.6 Å². The molecular weight excluding hydrogens is 334 g/mol. The van der Waals surface area contributed by atoms with Crippen molar-refractivity contribution in [3.05, 3.63) is 59.7 Å². The van der Waals surface area contributed by atoms with Crippen LogP contribution >= 0.6 is 0 Å². The van der Waals surface area contributed by atoms with Crippen LogP contribution in [0.4, 0.5) is 11.4 Å². The van der Waals surface area contributed by atoms with Crippen LogP contribution in [0.1, 0.15) is 33.6 Å². The molecule has 0 aliphatic carbocycles. The van der Waals surface area contributed by atoms with Crippen molar-refractivity contribution in [1.29, 1.82) is 0 Å². The Labute approximate surface area is 150 Å². The summed E-state index contributed by atoms with van der Waals surface area (Å²) in [7, 11) is 1.55. The van der Waals surface area contributed by atoms with Gasteiger partial charge in [0.05, 0.1) is 5.69 Å². The predicted octanol–water partition coefficient (Wildman–Crippen LogP) is 1.95.